The Labute approximate surface area is 160 Å². The molecule has 0 unspecified atom stereocenters. The molecule has 27 heavy (non-hydrogen) atoms. The molecule has 2 aromatic carbocycles. The Hall–Kier alpha value is -2.90. The molecule has 1 aliphatic rings. The maximum absolute atomic E-state index is 9.85. The van der Waals surface area contributed by atoms with E-state index in [2.05, 4.69) is 41.3 Å². The van der Waals surface area contributed by atoms with Gasteiger partial charge in [0.2, 0.25) is 0 Å². The summed E-state index contributed by atoms with van der Waals surface area (Å²) in [5.74, 6) is 0.806. The number of hydrogen-bond donors (Lipinski definition) is 0. The maximum atomic E-state index is 9.85. The number of methoxy groups -OCH3 is 1. The lowest BCUT2D eigenvalue weighted by molar-refractivity contribution is 0.177. The van der Waals surface area contributed by atoms with Gasteiger partial charge in [0.15, 0.2) is 0 Å². The molecule has 0 radical (unpaired) electrons. The SMILES string of the molecule is COc1cccc2ccc(CN3CCC(C#N)(c4ccccc4)CC3)nc12. The van der Waals surface area contributed by atoms with Crippen LogP contribution in [0.15, 0.2) is 60.7 Å². The van der Waals surface area contributed by atoms with Crippen molar-refractivity contribution in [2.45, 2.75) is 24.8 Å². The summed E-state index contributed by atoms with van der Waals surface area (Å²) >= 11 is 0. The molecule has 0 saturated carbocycles. The van der Waals surface area contributed by atoms with Crippen LogP contribution in [-0.4, -0.2) is 30.1 Å². The molecule has 4 rings (SSSR count). The second-order valence-electron chi connectivity index (χ2n) is 7.17. The van der Waals surface area contributed by atoms with Crippen molar-refractivity contribution < 1.29 is 4.74 Å². The fraction of sp³-hybridized carbons (Fsp3) is 0.304. The summed E-state index contributed by atoms with van der Waals surface area (Å²) in [5, 5.41) is 10.9. The van der Waals surface area contributed by atoms with Crippen molar-refractivity contribution in [1.29, 1.82) is 5.26 Å². The third-order valence-corrected chi connectivity index (χ3v) is 5.60. The van der Waals surface area contributed by atoms with E-state index in [9.17, 15) is 5.26 Å². The molecule has 0 amide bonds. The molecule has 0 bridgehead atoms. The largest absolute Gasteiger partial charge is 0.494 e. The second-order valence-corrected chi connectivity index (χ2v) is 7.17. The minimum absolute atomic E-state index is 0.363. The third kappa shape index (κ3) is 3.39. The normalized spacial score (nSPS) is 16.7. The number of hydrogen-bond acceptors (Lipinski definition) is 4. The average Bonchev–Trinajstić information content (AvgIpc) is 2.74. The van der Waals surface area contributed by atoms with E-state index in [0.717, 1.165) is 60.4 Å². The van der Waals surface area contributed by atoms with Gasteiger partial charge in [0.1, 0.15) is 11.3 Å². The van der Waals surface area contributed by atoms with Crippen LogP contribution in [0.2, 0.25) is 0 Å². The van der Waals surface area contributed by atoms with E-state index in [1.54, 1.807) is 7.11 Å². The number of ether oxygens (including phenoxy) is 1. The number of piperidine rings is 1. The second kappa shape index (κ2) is 7.38. The minimum Gasteiger partial charge on any atom is -0.494 e. The van der Waals surface area contributed by atoms with E-state index < -0.39 is 0 Å². The van der Waals surface area contributed by atoms with Gasteiger partial charge in [-0.05, 0) is 30.5 Å². The number of pyridine rings is 1. The molecule has 0 N–H and O–H groups in total. The zero-order valence-electron chi connectivity index (χ0n) is 15.6. The standard InChI is InChI=1S/C23H23N3O/c1-27-21-9-5-6-18-10-11-20(25-22(18)21)16-26-14-12-23(17-24,13-15-26)19-7-3-2-4-8-19/h2-11H,12-16H2,1H3. The fourth-order valence-electron chi connectivity index (χ4n) is 3.96. The van der Waals surface area contributed by atoms with Crippen molar-refractivity contribution in [3.05, 3.63) is 71.9 Å². The van der Waals surface area contributed by atoms with Crippen LogP contribution >= 0.6 is 0 Å². The van der Waals surface area contributed by atoms with Crippen molar-refractivity contribution in [2.24, 2.45) is 0 Å². The predicted octanol–water partition coefficient (Wildman–Crippen LogP) is 4.30. The fourth-order valence-corrected chi connectivity index (χ4v) is 3.96. The van der Waals surface area contributed by atoms with E-state index in [0.29, 0.717) is 0 Å². The van der Waals surface area contributed by atoms with E-state index in [1.165, 1.54) is 0 Å². The lowest BCUT2D eigenvalue weighted by atomic mass is 9.74. The Balaban J connectivity index is 1.50. The highest BCUT2D eigenvalue weighted by molar-refractivity contribution is 5.84. The minimum atomic E-state index is -0.363. The smallest absolute Gasteiger partial charge is 0.145 e. The van der Waals surface area contributed by atoms with Crippen LogP contribution in [0.3, 0.4) is 0 Å². The van der Waals surface area contributed by atoms with Gasteiger partial charge in [-0.2, -0.15) is 5.26 Å². The molecule has 4 heteroatoms. The van der Waals surface area contributed by atoms with Gasteiger partial charge < -0.3 is 4.74 Å². The third-order valence-electron chi connectivity index (χ3n) is 5.60. The molecule has 0 spiro atoms. The van der Waals surface area contributed by atoms with Gasteiger partial charge in [0.25, 0.3) is 0 Å². The predicted molar refractivity (Wildman–Crippen MR) is 107 cm³/mol. The molecule has 1 aliphatic heterocycles. The number of rotatable bonds is 4. The number of aromatic nitrogens is 1. The zero-order valence-corrected chi connectivity index (χ0v) is 15.6. The van der Waals surface area contributed by atoms with Crippen molar-refractivity contribution in [2.75, 3.05) is 20.2 Å². The number of benzene rings is 2. The van der Waals surface area contributed by atoms with Crippen LogP contribution < -0.4 is 4.74 Å². The van der Waals surface area contributed by atoms with Gasteiger partial charge in [-0.25, -0.2) is 4.98 Å². The first-order valence-corrected chi connectivity index (χ1v) is 9.36. The van der Waals surface area contributed by atoms with Crippen molar-refractivity contribution in [3.8, 4) is 11.8 Å². The monoisotopic (exact) mass is 357 g/mol. The lowest BCUT2D eigenvalue weighted by Gasteiger charge is -2.37. The Kier molecular flexibility index (Phi) is 4.79. The Morgan fingerprint density at radius 3 is 2.52 bits per heavy atom. The van der Waals surface area contributed by atoms with Gasteiger partial charge in [0.05, 0.1) is 24.3 Å². The van der Waals surface area contributed by atoms with Crippen LogP contribution in [0, 0.1) is 11.3 Å². The number of para-hydroxylation sites is 1. The van der Waals surface area contributed by atoms with Crippen molar-refractivity contribution in [1.82, 2.24) is 9.88 Å². The first-order chi connectivity index (χ1) is 13.2. The number of nitriles is 1. The van der Waals surface area contributed by atoms with E-state index >= 15 is 0 Å². The molecule has 1 saturated heterocycles. The summed E-state index contributed by atoms with van der Waals surface area (Å²) < 4.78 is 5.45. The molecular formula is C23H23N3O. The van der Waals surface area contributed by atoms with E-state index in [-0.39, 0.29) is 5.41 Å². The first-order valence-electron chi connectivity index (χ1n) is 9.36. The van der Waals surface area contributed by atoms with Crippen molar-refractivity contribution in [3.63, 3.8) is 0 Å². The zero-order chi connectivity index (χ0) is 18.7. The number of fused-ring (bicyclic) bond motifs is 1. The Morgan fingerprint density at radius 2 is 1.81 bits per heavy atom. The van der Waals surface area contributed by atoms with Crippen LogP contribution in [0.1, 0.15) is 24.1 Å². The van der Waals surface area contributed by atoms with Crippen LogP contribution in [0.4, 0.5) is 0 Å². The summed E-state index contributed by atoms with van der Waals surface area (Å²) in [5.41, 5.74) is 2.72. The first kappa shape index (κ1) is 17.5. The topological polar surface area (TPSA) is 49.1 Å². The van der Waals surface area contributed by atoms with Crippen LogP contribution in [0.25, 0.3) is 10.9 Å². The maximum Gasteiger partial charge on any atom is 0.145 e. The number of nitrogens with zero attached hydrogens (tertiary/aromatic N) is 3. The van der Waals surface area contributed by atoms with E-state index in [4.69, 9.17) is 9.72 Å². The average molecular weight is 357 g/mol. The molecule has 3 aromatic rings. The summed E-state index contributed by atoms with van der Waals surface area (Å²) in [4.78, 5) is 7.21. The molecule has 2 heterocycles. The van der Waals surface area contributed by atoms with Gasteiger partial charge in [-0.15, -0.1) is 0 Å². The Bertz CT molecular complexity index is 970. The molecule has 1 aromatic heterocycles. The Morgan fingerprint density at radius 1 is 1.04 bits per heavy atom. The molecule has 0 aliphatic carbocycles. The van der Waals surface area contributed by atoms with Gasteiger partial charge in [0, 0.05) is 25.0 Å². The number of likely N-dealkylation sites (tertiary alicyclic amines) is 1. The van der Waals surface area contributed by atoms with Crippen LogP contribution in [0.5, 0.6) is 5.75 Å². The molecule has 1 fully saturated rings. The molecular weight excluding hydrogens is 334 g/mol. The molecule has 4 nitrogen and oxygen atoms in total. The lowest BCUT2D eigenvalue weighted by Crippen LogP contribution is -2.41. The van der Waals surface area contributed by atoms with Gasteiger partial charge in [-0.3, -0.25) is 4.90 Å². The summed E-state index contributed by atoms with van der Waals surface area (Å²) in [6.45, 7) is 2.59. The summed E-state index contributed by atoms with van der Waals surface area (Å²) in [6, 6.07) is 23.0. The summed E-state index contributed by atoms with van der Waals surface area (Å²) in [6.07, 6.45) is 1.70. The highest BCUT2D eigenvalue weighted by Crippen LogP contribution is 2.35. The molecule has 136 valence electrons. The van der Waals surface area contributed by atoms with Gasteiger partial charge >= 0.3 is 0 Å². The quantitative estimate of drug-likeness (QED) is 0.698. The van der Waals surface area contributed by atoms with Crippen LogP contribution in [-0.2, 0) is 12.0 Å². The van der Waals surface area contributed by atoms with E-state index in [1.807, 2.05) is 30.3 Å². The summed E-state index contributed by atoms with van der Waals surface area (Å²) in [7, 11) is 1.68. The highest BCUT2D eigenvalue weighted by Gasteiger charge is 2.36. The van der Waals surface area contributed by atoms with Gasteiger partial charge in [-0.1, -0.05) is 48.5 Å². The van der Waals surface area contributed by atoms with Crippen molar-refractivity contribution >= 4 is 10.9 Å². The molecule has 0 atom stereocenters. The highest BCUT2D eigenvalue weighted by atomic mass is 16.5.